The number of hydrogen-bond donors (Lipinski definition) is 0. The Bertz CT molecular complexity index is 163. The molecule has 2 nitrogen and oxygen atoms in total. The highest BCUT2D eigenvalue weighted by Gasteiger charge is 2.32. The van der Waals surface area contributed by atoms with Gasteiger partial charge in [0.05, 0.1) is 5.92 Å². The van der Waals surface area contributed by atoms with Crippen molar-refractivity contribution in [2.75, 3.05) is 0 Å². The van der Waals surface area contributed by atoms with Crippen molar-refractivity contribution in [3.8, 4) is 0 Å². The van der Waals surface area contributed by atoms with Gasteiger partial charge in [-0.1, -0.05) is 13.3 Å². The summed E-state index contributed by atoms with van der Waals surface area (Å²) in [5.41, 5.74) is 0. The highest BCUT2D eigenvalue weighted by molar-refractivity contribution is 5.96. The largest absolute Gasteiger partial charge is 0.303 e. The van der Waals surface area contributed by atoms with E-state index >= 15 is 0 Å². The van der Waals surface area contributed by atoms with Crippen LogP contribution in [-0.4, -0.2) is 12.1 Å². The zero-order chi connectivity index (χ0) is 8.27. The van der Waals surface area contributed by atoms with Crippen LogP contribution < -0.4 is 0 Å². The first-order valence-corrected chi connectivity index (χ1v) is 4.28. The van der Waals surface area contributed by atoms with E-state index in [4.69, 9.17) is 0 Å². The van der Waals surface area contributed by atoms with Crippen molar-refractivity contribution in [2.45, 2.75) is 32.6 Å². The summed E-state index contributed by atoms with van der Waals surface area (Å²) in [4.78, 5) is 21.6. The summed E-state index contributed by atoms with van der Waals surface area (Å²) in [6.45, 7) is 2.07. The van der Waals surface area contributed by atoms with Crippen LogP contribution in [0.15, 0.2) is 0 Å². The topological polar surface area (TPSA) is 34.1 Å². The Labute approximate surface area is 67.0 Å². The number of rotatable bonds is 3. The molecule has 0 aromatic heterocycles. The van der Waals surface area contributed by atoms with E-state index in [9.17, 15) is 9.59 Å². The van der Waals surface area contributed by atoms with Gasteiger partial charge in [-0.25, -0.2) is 0 Å². The van der Waals surface area contributed by atoms with Gasteiger partial charge in [-0.05, 0) is 19.3 Å². The third kappa shape index (κ3) is 1.67. The molecule has 1 rings (SSSR count). The second-order valence-electron chi connectivity index (χ2n) is 3.21. The lowest BCUT2D eigenvalue weighted by Gasteiger charge is -2.04. The number of carbonyl (C=O) groups is 2. The van der Waals surface area contributed by atoms with Crippen molar-refractivity contribution in [1.82, 2.24) is 0 Å². The first kappa shape index (κ1) is 8.44. The third-order valence-corrected chi connectivity index (χ3v) is 2.40. The molecule has 0 radical (unpaired) electrons. The van der Waals surface area contributed by atoms with Gasteiger partial charge in [0.2, 0.25) is 0 Å². The Balaban J connectivity index is 2.48. The van der Waals surface area contributed by atoms with Crippen molar-refractivity contribution >= 4 is 12.1 Å². The van der Waals surface area contributed by atoms with Gasteiger partial charge < -0.3 is 4.79 Å². The monoisotopic (exact) mass is 154 g/mol. The number of carbonyl (C=O) groups excluding carboxylic acids is 2. The van der Waals surface area contributed by atoms with Crippen LogP contribution in [-0.2, 0) is 9.59 Å². The standard InChI is InChI=1S/C9H14O2/c1-2-3-7-4-5-8(6-10)9(7)11/h6-8H,2-5H2,1H3. The van der Waals surface area contributed by atoms with E-state index in [1.54, 1.807) is 0 Å². The van der Waals surface area contributed by atoms with Gasteiger partial charge in [0.15, 0.2) is 0 Å². The van der Waals surface area contributed by atoms with Gasteiger partial charge >= 0.3 is 0 Å². The van der Waals surface area contributed by atoms with Crippen molar-refractivity contribution in [2.24, 2.45) is 11.8 Å². The van der Waals surface area contributed by atoms with Crippen LogP contribution >= 0.6 is 0 Å². The number of aldehydes is 1. The van der Waals surface area contributed by atoms with E-state index in [1.807, 2.05) is 0 Å². The van der Waals surface area contributed by atoms with Crippen molar-refractivity contribution in [1.29, 1.82) is 0 Å². The smallest absolute Gasteiger partial charge is 0.146 e. The fraction of sp³-hybridized carbons (Fsp3) is 0.778. The molecule has 2 heteroatoms. The lowest BCUT2D eigenvalue weighted by molar-refractivity contribution is -0.127. The maximum absolute atomic E-state index is 11.3. The number of Topliss-reactive ketones (excluding diaryl/α,β-unsaturated/α-hetero) is 1. The minimum absolute atomic E-state index is 0.182. The highest BCUT2D eigenvalue weighted by atomic mass is 16.1. The molecule has 0 aromatic carbocycles. The minimum Gasteiger partial charge on any atom is -0.303 e. The summed E-state index contributed by atoms with van der Waals surface area (Å²) in [5.74, 6) is 0.101. The Morgan fingerprint density at radius 1 is 1.55 bits per heavy atom. The molecule has 0 N–H and O–H groups in total. The lowest BCUT2D eigenvalue weighted by atomic mass is 9.99. The maximum Gasteiger partial charge on any atom is 0.146 e. The van der Waals surface area contributed by atoms with Crippen LogP contribution in [0.5, 0.6) is 0 Å². The summed E-state index contributed by atoms with van der Waals surface area (Å²) < 4.78 is 0. The van der Waals surface area contributed by atoms with Gasteiger partial charge in [-0.2, -0.15) is 0 Å². The zero-order valence-electron chi connectivity index (χ0n) is 6.88. The molecule has 0 aromatic rings. The van der Waals surface area contributed by atoms with E-state index in [2.05, 4.69) is 6.92 Å². The van der Waals surface area contributed by atoms with E-state index in [1.165, 1.54) is 0 Å². The average molecular weight is 154 g/mol. The molecule has 1 aliphatic rings. The molecule has 1 saturated carbocycles. The molecule has 0 heterocycles. The molecule has 62 valence electrons. The Morgan fingerprint density at radius 3 is 2.73 bits per heavy atom. The first-order chi connectivity index (χ1) is 5.29. The minimum atomic E-state index is -0.272. The summed E-state index contributed by atoms with van der Waals surface area (Å²) in [7, 11) is 0. The molecule has 0 spiro atoms. The van der Waals surface area contributed by atoms with Crippen LogP contribution in [0.4, 0.5) is 0 Å². The van der Waals surface area contributed by atoms with Gasteiger partial charge in [-0.3, -0.25) is 4.79 Å². The maximum atomic E-state index is 11.3. The SMILES string of the molecule is CCCC1CCC(C=O)C1=O. The van der Waals surface area contributed by atoms with E-state index < -0.39 is 0 Å². The second kappa shape index (κ2) is 3.65. The molecule has 0 amide bonds. The Kier molecular flexibility index (Phi) is 2.80. The van der Waals surface area contributed by atoms with Crippen LogP contribution in [0.1, 0.15) is 32.6 Å². The first-order valence-electron chi connectivity index (χ1n) is 4.28. The number of ketones is 1. The molecule has 1 fully saturated rings. The van der Waals surface area contributed by atoms with Gasteiger partial charge in [0.1, 0.15) is 12.1 Å². The summed E-state index contributed by atoms with van der Waals surface area (Å²) in [6, 6.07) is 0. The lowest BCUT2D eigenvalue weighted by Crippen LogP contribution is -2.14. The predicted octanol–water partition coefficient (Wildman–Crippen LogP) is 1.58. The number of hydrogen-bond acceptors (Lipinski definition) is 2. The normalized spacial score (nSPS) is 30.8. The van der Waals surface area contributed by atoms with Crippen LogP contribution in [0.2, 0.25) is 0 Å². The molecule has 2 unspecified atom stereocenters. The van der Waals surface area contributed by atoms with E-state index in [-0.39, 0.29) is 17.6 Å². The van der Waals surface area contributed by atoms with Gasteiger partial charge in [0, 0.05) is 5.92 Å². The molecule has 0 aliphatic heterocycles. The molecule has 0 bridgehead atoms. The molecule has 0 saturated heterocycles. The molecule has 2 atom stereocenters. The van der Waals surface area contributed by atoms with Crippen molar-refractivity contribution < 1.29 is 9.59 Å². The average Bonchev–Trinajstić information content (AvgIpc) is 2.34. The van der Waals surface area contributed by atoms with Gasteiger partial charge in [0.25, 0.3) is 0 Å². The molecular formula is C9H14O2. The third-order valence-electron chi connectivity index (χ3n) is 2.40. The van der Waals surface area contributed by atoms with Crippen molar-refractivity contribution in [3.05, 3.63) is 0 Å². The Morgan fingerprint density at radius 2 is 2.27 bits per heavy atom. The van der Waals surface area contributed by atoms with Gasteiger partial charge in [-0.15, -0.1) is 0 Å². The molecular weight excluding hydrogens is 140 g/mol. The van der Waals surface area contributed by atoms with Crippen molar-refractivity contribution in [3.63, 3.8) is 0 Å². The second-order valence-corrected chi connectivity index (χ2v) is 3.21. The van der Waals surface area contributed by atoms with Crippen LogP contribution in [0, 0.1) is 11.8 Å². The molecule has 11 heavy (non-hydrogen) atoms. The summed E-state index contributed by atoms with van der Waals surface area (Å²) >= 11 is 0. The highest BCUT2D eigenvalue weighted by Crippen LogP contribution is 2.28. The summed E-state index contributed by atoms with van der Waals surface area (Å²) in [5, 5.41) is 0. The van der Waals surface area contributed by atoms with E-state index in [0.29, 0.717) is 0 Å². The zero-order valence-corrected chi connectivity index (χ0v) is 6.88. The fourth-order valence-corrected chi connectivity index (χ4v) is 1.74. The van der Waals surface area contributed by atoms with Crippen LogP contribution in [0.25, 0.3) is 0 Å². The molecule has 1 aliphatic carbocycles. The quantitative estimate of drug-likeness (QED) is 0.457. The summed E-state index contributed by atoms with van der Waals surface area (Å²) in [6.07, 6.45) is 4.52. The van der Waals surface area contributed by atoms with Crippen LogP contribution in [0.3, 0.4) is 0 Å². The fourth-order valence-electron chi connectivity index (χ4n) is 1.74. The Hall–Kier alpha value is -0.660. The van der Waals surface area contributed by atoms with E-state index in [0.717, 1.165) is 32.0 Å². The predicted molar refractivity (Wildman–Crippen MR) is 42.2 cm³/mol.